The van der Waals surface area contributed by atoms with E-state index in [1.807, 2.05) is 6.20 Å². The molecule has 126 valence electrons. The number of aliphatic hydroxyl groups is 1. The van der Waals surface area contributed by atoms with Crippen LogP contribution in [0.15, 0.2) is 24.5 Å². The fraction of sp³-hybridized carbons (Fsp3) is 0.611. The maximum Gasteiger partial charge on any atom is 0.139 e. The summed E-state index contributed by atoms with van der Waals surface area (Å²) in [6.45, 7) is 6.63. The molecule has 0 atom stereocenters. The molecule has 0 aromatic carbocycles. The zero-order valence-electron chi connectivity index (χ0n) is 14.3. The molecule has 0 aliphatic carbocycles. The molecule has 1 saturated heterocycles. The van der Waals surface area contributed by atoms with Crippen molar-refractivity contribution in [2.24, 2.45) is 0 Å². The average Bonchev–Trinajstić information content (AvgIpc) is 2.98. The van der Waals surface area contributed by atoms with Crippen LogP contribution < -0.4 is 0 Å². The van der Waals surface area contributed by atoms with E-state index in [2.05, 4.69) is 51.5 Å². The summed E-state index contributed by atoms with van der Waals surface area (Å²) < 4.78 is 2.22. The van der Waals surface area contributed by atoms with Crippen LogP contribution in [-0.4, -0.2) is 63.6 Å². The Morgan fingerprint density at radius 3 is 2.87 bits per heavy atom. The van der Waals surface area contributed by atoms with Gasteiger partial charge in [0.15, 0.2) is 0 Å². The van der Waals surface area contributed by atoms with E-state index in [1.54, 1.807) is 0 Å². The Morgan fingerprint density at radius 1 is 1.35 bits per heavy atom. The lowest BCUT2D eigenvalue weighted by Gasteiger charge is -2.36. The first kappa shape index (κ1) is 16.4. The number of aromatic nitrogens is 2. The van der Waals surface area contributed by atoms with Gasteiger partial charge in [-0.05, 0) is 44.9 Å². The molecule has 3 rings (SSSR count). The second-order valence-electron chi connectivity index (χ2n) is 6.70. The summed E-state index contributed by atoms with van der Waals surface area (Å²) in [4.78, 5) is 9.50. The number of rotatable bonds is 6. The molecule has 1 aliphatic heterocycles. The van der Waals surface area contributed by atoms with Crippen LogP contribution in [0.1, 0.15) is 30.5 Å². The molecule has 3 heterocycles. The number of nitrogens with zero attached hydrogens (tertiary/aromatic N) is 4. The third kappa shape index (κ3) is 3.74. The smallest absolute Gasteiger partial charge is 0.139 e. The molecular formula is C18H28N4O. The number of hydrogen-bond acceptors (Lipinski definition) is 4. The lowest BCUT2D eigenvalue weighted by Crippen LogP contribution is -2.43. The topological polar surface area (TPSA) is 44.0 Å². The Morgan fingerprint density at radius 2 is 2.13 bits per heavy atom. The van der Waals surface area contributed by atoms with Crippen molar-refractivity contribution in [1.29, 1.82) is 0 Å². The van der Waals surface area contributed by atoms with E-state index in [0.717, 1.165) is 38.2 Å². The van der Waals surface area contributed by atoms with Crippen molar-refractivity contribution < 1.29 is 5.11 Å². The van der Waals surface area contributed by atoms with Crippen LogP contribution in [0.4, 0.5) is 0 Å². The Bertz CT molecular complexity index is 631. The molecule has 5 nitrogen and oxygen atoms in total. The summed E-state index contributed by atoms with van der Waals surface area (Å²) in [5.74, 6) is 0. The first-order chi connectivity index (χ1) is 11.2. The summed E-state index contributed by atoms with van der Waals surface area (Å²) in [5.41, 5.74) is 3.57. The minimum Gasteiger partial charge on any atom is -0.396 e. The minimum absolute atomic E-state index is 0.289. The van der Waals surface area contributed by atoms with Gasteiger partial charge in [0.25, 0.3) is 0 Å². The van der Waals surface area contributed by atoms with E-state index >= 15 is 0 Å². The normalized spacial score (nSPS) is 17.4. The van der Waals surface area contributed by atoms with Crippen molar-refractivity contribution in [2.45, 2.75) is 38.8 Å². The summed E-state index contributed by atoms with van der Waals surface area (Å²) in [7, 11) is 2.18. The molecule has 0 bridgehead atoms. The molecule has 1 aliphatic rings. The predicted octanol–water partition coefficient (Wildman–Crippen LogP) is 1.92. The van der Waals surface area contributed by atoms with Gasteiger partial charge >= 0.3 is 0 Å². The lowest BCUT2D eigenvalue weighted by molar-refractivity contribution is 0.116. The molecule has 0 spiro atoms. The van der Waals surface area contributed by atoms with Gasteiger partial charge in [-0.25, -0.2) is 4.98 Å². The Kier molecular flexibility index (Phi) is 5.30. The van der Waals surface area contributed by atoms with Gasteiger partial charge < -0.3 is 14.4 Å². The number of pyridine rings is 1. The van der Waals surface area contributed by atoms with Crippen molar-refractivity contribution in [3.8, 4) is 0 Å². The van der Waals surface area contributed by atoms with Crippen molar-refractivity contribution >= 4 is 5.65 Å². The molecule has 2 aromatic rings. The predicted molar refractivity (Wildman–Crippen MR) is 92.6 cm³/mol. The Balaban J connectivity index is 1.57. The second-order valence-corrected chi connectivity index (χ2v) is 6.70. The SMILES string of the molecule is Cc1cccn2c(CN3CCC(N(C)CCCO)CC3)cnc12. The first-order valence-corrected chi connectivity index (χ1v) is 8.64. The third-order valence-corrected chi connectivity index (χ3v) is 5.04. The summed E-state index contributed by atoms with van der Waals surface area (Å²) in [5, 5.41) is 8.96. The maximum absolute atomic E-state index is 8.96. The highest BCUT2D eigenvalue weighted by Gasteiger charge is 2.22. The first-order valence-electron chi connectivity index (χ1n) is 8.64. The molecule has 0 radical (unpaired) electrons. The fourth-order valence-corrected chi connectivity index (χ4v) is 3.57. The van der Waals surface area contributed by atoms with Crippen molar-refractivity contribution in [3.05, 3.63) is 35.8 Å². The van der Waals surface area contributed by atoms with E-state index in [1.165, 1.54) is 24.1 Å². The molecule has 0 saturated carbocycles. The summed E-state index contributed by atoms with van der Waals surface area (Å²) in [6, 6.07) is 4.86. The highest BCUT2D eigenvalue weighted by molar-refractivity contribution is 5.48. The van der Waals surface area contributed by atoms with Gasteiger partial charge in [0.2, 0.25) is 0 Å². The van der Waals surface area contributed by atoms with Gasteiger partial charge in [-0.1, -0.05) is 6.07 Å². The molecule has 23 heavy (non-hydrogen) atoms. The van der Waals surface area contributed by atoms with E-state index in [0.29, 0.717) is 6.04 Å². The largest absolute Gasteiger partial charge is 0.396 e. The Labute approximate surface area is 138 Å². The lowest BCUT2D eigenvalue weighted by atomic mass is 10.0. The average molecular weight is 316 g/mol. The zero-order chi connectivity index (χ0) is 16.2. The zero-order valence-corrected chi connectivity index (χ0v) is 14.3. The monoisotopic (exact) mass is 316 g/mol. The van der Waals surface area contributed by atoms with Gasteiger partial charge in [-0.2, -0.15) is 0 Å². The van der Waals surface area contributed by atoms with Gasteiger partial charge in [0.05, 0.1) is 11.9 Å². The Hall–Kier alpha value is -1.43. The number of aryl methyl sites for hydroxylation is 1. The minimum atomic E-state index is 0.289. The quantitative estimate of drug-likeness (QED) is 0.884. The highest BCUT2D eigenvalue weighted by atomic mass is 16.3. The number of hydrogen-bond donors (Lipinski definition) is 1. The number of aliphatic hydroxyl groups excluding tert-OH is 1. The van der Waals surface area contributed by atoms with Crippen LogP contribution in [-0.2, 0) is 6.54 Å². The number of fused-ring (bicyclic) bond motifs is 1. The van der Waals surface area contributed by atoms with E-state index in [9.17, 15) is 0 Å². The van der Waals surface area contributed by atoms with E-state index in [-0.39, 0.29) is 6.61 Å². The van der Waals surface area contributed by atoms with Gasteiger partial charge in [-0.3, -0.25) is 4.90 Å². The van der Waals surface area contributed by atoms with Crippen LogP contribution in [0.25, 0.3) is 5.65 Å². The van der Waals surface area contributed by atoms with Crippen molar-refractivity contribution in [3.63, 3.8) is 0 Å². The molecule has 2 aromatic heterocycles. The van der Waals surface area contributed by atoms with Crippen LogP contribution in [0.3, 0.4) is 0 Å². The third-order valence-electron chi connectivity index (χ3n) is 5.04. The molecular weight excluding hydrogens is 288 g/mol. The molecule has 1 fully saturated rings. The fourth-order valence-electron chi connectivity index (χ4n) is 3.57. The van der Waals surface area contributed by atoms with E-state index in [4.69, 9.17) is 5.11 Å². The molecule has 5 heteroatoms. The second kappa shape index (κ2) is 7.43. The van der Waals surface area contributed by atoms with Gasteiger partial charge in [0.1, 0.15) is 5.65 Å². The van der Waals surface area contributed by atoms with Gasteiger partial charge in [0, 0.05) is 45.0 Å². The molecule has 0 amide bonds. The standard InChI is InChI=1S/C18H28N4O/c1-15-5-3-9-22-17(13-19-18(15)22)14-21-10-6-16(7-11-21)20(2)8-4-12-23/h3,5,9,13,16,23H,4,6-8,10-12,14H2,1-2H3. The summed E-state index contributed by atoms with van der Waals surface area (Å²) >= 11 is 0. The molecule has 1 N–H and O–H groups in total. The van der Waals surface area contributed by atoms with Crippen LogP contribution in [0.5, 0.6) is 0 Å². The number of likely N-dealkylation sites (tertiary alicyclic amines) is 1. The van der Waals surface area contributed by atoms with Crippen LogP contribution >= 0.6 is 0 Å². The number of piperidine rings is 1. The highest BCUT2D eigenvalue weighted by Crippen LogP contribution is 2.19. The maximum atomic E-state index is 8.96. The van der Waals surface area contributed by atoms with Crippen LogP contribution in [0, 0.1) is 6.92 Å². The van der Waals surface area contributed by atoms with Gasteiger partial charge in [-0.15, -0.1) is 0 Å². The van der Waals surface area contributed by atoms with Crippen molar-refractivity contribution in [1.82, 2.24) is 19.2 Å². The van der Waals surface area contributed by atoms with Crippen molar-refractivity contribution in [2.75, 3.05) is 33.3 Å². The van der Waals surface area contributed by atoms with E-state index < -0.39 is 0 Å². The summed E-state index contributed by atoms with van der Waals surface area (Å²) in [6.07, 6.45) is 7.41. The van der Waals surface area contributed by atoms with Crippen LogP contribution in [0.2, 0.25) is 0 Å². The number of imidazole rings is 1. The molecule has 0 unspecified atom stereocenters.